The van der Waals surface area contributed by atoms with Crippen molar-refractivity contribution < 1.29 is 9.48 Å². The lowest BCUT2D eigenvalue weighted by atomic mass is 9.80. The fourth-order valence-corrected chi connectivity index (χ4v) is 6.94. The molecule has 7 nitrogen and oxygen atoms in total. The molecule has 0 bridgehead atoms. The van der Waals surface area contributed by atoms with E-state index in [4.69, 9.17) is 16.6 Å². The van der Waals surface area contributed by atoms with E-state index >= 15 is 0 Å². The third-order valence-electron chi connectivity index (χ3n) is 9.44. The lowest BCUT2D eigenvalue weighted by molar-refractivity contribution is -0.659. The number of piperidine rings is 1. The van der Waals surface area contributed by atoms with Crippen LogP contribution < -0.4 is 4.68 Å². The standard InChI is InChI=1S/C37H35ClN6O/c1-25(31-20-33(45)21-31)43-16-14-27(15-17-43)28-8-5-9-29(19-28)34(18-26-6-3-2-4-7-26)36-12-10-30(23-39-36)35-22-32(38)11-13-37(35)44-24-40-41-42-44/h2-13,19,22-24,27,31,34H,1,14-18,20-21H2/p+1/t34-/m0/s1. The number of allylic oxidation sites excluding steroid dienone is 1. The largest absolute Gasteiger partial charge is 0.375 e. The van der Waals surface area contributed by atoms with Crippen LogP contribution in [0.1, 0.15) is 59.9 Å². The molecule has 1 aliphatic carbocycles. The van der Waals surface area contributed by atoms with Crippen molar-refractivity contribution in [1.29, 1.82) is 0 Å². The zero-order valence-corrected chi connectivity index (χ0v) is 25.9. The van der Waals surface area contributed by atoms with Gasteiger partial charge in [-0.15, -0.1) is 4.68 Å². The Morgan fingerprint density at radius 1 is 1.00 bits per heavy atom. The number of pyridine rings is 1. The Kier molecular flexibility index (Phi) is 8.27. The third kappa shape index (κ3) is 6.31. The number of carbonyl (C=O) groups is 1. The number of nitrogens with zero attached hydrogens (tertiary/aromatic N) is 5. The van der Waals surface area contributed by atoms with E-state index in [-0.39, 0.29) is 5.92 Å². The van der Waals surface area contributed by atoms with Crippen molar-refractivity contribution in [3.8, 4) is 16.8 Å². The second kappa shape index (κ2) is 12.8. The Hall–Kier alpha value is -4.62. The summed E-state index contributed by atoms with van der Waals surface area (Å²) in [5, 5.41) is 11.3. The molecule has 7 rings (SSSR count). The number of likely N-dealkylation sites (tertiary alicyclic amines) is 1. The van der Waals surface area contributed by atoms with Crippen molar-refractivity contribution in [3.63, 3.8) is 0 Å². The summed E-state index contributed by atoms with van der Waals surface area (Å²) < 4.78 is 1.76. The summed E-state index contributed by atoms with van der Waals surface area (Å²) in [6.45, 7) is 6.33. The van der Waals surface area contributed by atoms with Crippen molar-refractivity contribution >= 4 is 17.4 Å². The second-order valence-electron chi connectivity index (χ2n) is 12.2. The molecule has 3 aromatic carbocycles. The predicted molar refractivity (Wildman–Crippen MR) is 175 cm³/mol. The van der Waals surface area contributed by atoms with Crippen LogP contribution in [-0.4, -0.2) is 44.3 Å². The Morgan fingerprint density at radius 2 is 1.82 bits per heavy atom. The number of Topliss-reactive ketones (excluding diaryl/α,β-unsaturated/α-hetero) is 1. The normalized spacial score (nSPS) is 16.4. The van der Waals surface area contributed by atoms with Gasteiger partial charge in [-0.05, 0) is 66.1 Å². The van der Waals surface area contributed by atoms with E-state index in [2.05, 4.69) is 93.7 Å². The molecular formula is C37H36ClN6O+. The Balaban J connectivity index is 1.15. The van der Waals surface area contributed by atoms with Crippen LogP contribution >= 0.6 is 11.6 Å². The van der Waals surface area contributed by atoms with E-state index in [1.807, 2.05) is 24.4 Å². The first kappa shape index (κ1) is 29.1. The molecule has 2 aliphatic rings. The van der Waals surface area contributed by atoms with Crippen LogP contribution in [0.5, 0.6) is 0 Å². The van der Waals surface area contributed by atoms with Gasteiger partial charge < -0.3 is 4.90 Å². The summed E-state index contributed by atoms with van der Waals surface area (Å²) in [4.78, 5) is 19.0. The molecule has 2 aromatic heterocycles. The molecule has 2 fully saturated rings. The molecule has 1 atom stereocenters. The van der Waals surface area contributed by atoms with E-state index in [1.165, 1.54) is 16.7 Å². The van der Waals surface area contributed by atoms with Gasteiger partial charge >= 0.3 is 0 Å². The fourth-order valence-electron chi connectivity index (χ4n) is 6.77. The first-order valence-electron chi connectivity index (χ1n) is 15.6. The molecule has 0 radical (unpaired) electrons. The van der Waals surface area contributed by atoms with Gasteiger partial charge in [-0.1, -0.05) is 84.1 Å². The van der Waals surface area contributed by atoms with Crippen LogP contribution in [0.25, 0.3) is 16.8 Å². The van der Waals surface area contributed by atoms with Gasteiger partial charge in [0.2, 0.25) is 0 Å². The highest BCUT2D eigenvalue weighted by Crippen LogP contribution is 2.37. The summed E-state index contributed by atoms with van der Waals surface area (Å²) in [6.07, 6.45) is 7.94. The number of aromatic nitrogens is 5. The summed E-state index contributed by atoms with van der Waals surface area (Å²) in [5.41, 5.74) is 8.93. The highest BCUT2D eigenvalue weighted by molar-refractivity contribution is 6.31. The van der Waals surface area contributed by atoms with Crippen molar-refractivity contribution in [2.24, 2.45) is 5.92 Å². The molecule has 8 heteroatoms. The van der Waals surface area contributed by atoms with Gasteiger partial charge in [0, 0.05) is 71.5 Å². The maximum Gasteiger partial charge on any atom is 0.293 e. The van der Waals surface area contributed by atoms with Gasteiger partial charge in [-0.2, -0.15) is 0 Å². The van der Waals surface area contributed by atoms with Crippen LogP contribution in [0, 0.1) is 5.92 Å². The number of H-pyrrole nitrogens is 1. The molecule has 3 heterocycles. The number of hydrogen-bond donors (Lipinski definition) is 1. The minimum absolute atomic E-state index is 0.0995. The Labute approximate surface area is 268 Å². The van der Waals surface area contributed by atoms with Gasteiger partial charge in [-0.25, -0.2) is 0 Å². The van der Waals surface area contributed by atoms with Crippen LogP contribution in [-0.2, 0) is 11.2 Å². The predicted octanol–water partition coefficient (Wildman–Crippen LogP) is 6.84. The highest BCUT2D eigenvalue weighted by Gasteiger charge is 2.33. The van der Waals surface area contributed by atoms with Crippen molar-refractivity contribution in [1.82, 2.24) is 25.4 Å². The van der Waals surface area contributed by atoms with E-state index in [0.717, 1.165) is 60.6 Å². The van der Waals surface area contributed by atoms with E-state index in [1.54, 1.807) is 11.0 Å². The number of ketones is 1. The number of tetrazole rings is 1. The molecule has 1 saturated carbocycles. The molecule has 5 aromatic rings. The first-order valence-corrected chi connectivity index (χ1v) is 16.0. The summed E-state index contributed by atoms with van der Waals surface area (Å²) in [5.74, 6) is 1.31. The van der Waals surface area contributed by atoms with Gasteiger partial charge in [0.05, 0.1) is 0 Å². The van der Waals surface area contributed by atoms with Crippen LogP contribution in [0.3, 0.4) is 0 Å². The summed E-state index contributed by atoms with van der Waals surface area (Å²) >= 11 is 6.42. The quantitative estimate of drug-likeness (QED) is 0.184. The highest BCUT2D eigenvalue weighted by atomic mass is 35.5. The average Bonchev–Trinajstić information content (AvgIpc) is 3.61. The molecule has 0 unspecified atom stereocenters. The maximum absolute atomic E-state index is 11.5. The molecule has 1 saturated heterocycles. The average molecular weight is 616 g/mol. The molecule has 1 aliphatic heterocycles. The van der Waals surface area contributed by atoms with Gasteiger partial charge in [-0.3, -0.25) is 9.78 Å². The third-order valence-corrected chi connectivity index (χ3v) is 9.67. The molecule has 0 amide bonds. The van der Waals surface area contributed by atoms with Gasteiger partial charge in [0.25, 0.3) is 6.33 Å². The second-order valence-corrected chi connectivity index (χ2v) is 12.7. The van der Waals surface area contributed by atoms with E-state index in [0.29, 0.717) is 35.5 Å². The zero-order chi connectivity index (χ0) is 30.8. The SMILES string of the molecule is C=C(C1CC(=O)C1)N1CCC(c2cccc([C@H](Cc3ccccc3)c3ccc(-c4cc(Cl)ccc4-[n+]4cnn[nH]4)cn3)c2)CC1. The minimum atomic E-state index is 0.0995. The summed E-state index contributed by atoms with van der Waals surface area (Å²) in [7, 11) is 0. The Morgan fingerprint density at radius 3 is 2.53 bits per heavy atom. The van der Waals surface area contributed by atoms with Crippen molar-refractivity contribution in [3.05, 3.63) is 137 Å². The first-order chi connectivity index (χ1) is 22.0. The monoisotopic (exact) mass is 615 g/mol. The maximum atomic E-state index is 11.5. The molecule has 1 N–H and O–H groups in total. The number of benzene rings is 3. The smallest absolute Gasteiger partial charge is 0.293 e. The van der Waals surface area contributed by atoms with Crippen molar-refractivity contribution in [2.45, 2.75) is 43.9 Å². The summed E-state index contributed by atoms with van der Waals surface area (Å²) in [6, 6.07) is 29.8. The lowest BCUT2D eigenvalue weighted by Gasteiger charge is -2.40. The number of hydrogen-bond acceptors (Lipinski definition) is 5. The van der Waals surface area contributed by atoms with Crippen LogP contribution in [0.2, 0.25) is 5.02 Å². The van der Waals surface area contributed by atoms with Crippen LogP contribution in [0.4, 0.5) is 0 Å². The zero-order valence-electron chi connectivity index (χ0n) is 25.1. The van der Waals surface area contributed by atoms with Gasteiger partial charge in [0.15, 0.2) is 5.21 Å². The molecule has 0 spiro atoms. The number of halogens is 1. The molecule has 226 valence electrons. The lowest BCUT2D eigenvalue weighted by Crippen LogP contribution is -2.38. The number of carbonyl (C=O) groups excluding carboxylic acids is 1. The van der Waals surface area contributed by atoms with E-state index < -0.39 is 0 Å². The molecule has 45 heavy (non-hydrogen) atoms. The minimum Gasteiger partial charge on any atom is -0.375 e. The number of aromatic amines is 1. The number of nitrogens with one attached hydrogen (secondary N) is 1. The Bertz CT molecular complexity index is 1790. The fraction of sp³-hybridized carbons (Fsp3) is 0.270. The van der Waals surface area contributed by atoms with Crippen LogP contribution in [0.15, 0.2) is 110 Å². The number of rotatable bonds is 9. The molecular weight excluding hydrogens is 580 g/mol. The van der Waals surface area contributed by atoms with Crippen molar-refractivity contribution in [2.75, 3.05) is 13.1 Å². The van der Waals surface area contributed by atoms with E-state index in [9.17, 15) is 4.79 Å². The topological polar surface area (TPSA) is 78.6 Å². The van der Waals surface area contributed by atoms with Gasteiger partial charge in [0.1, 0.15) is 16.6 Å².